The first-order valence-corrected chi connectivity index (χ1v) is 6.19. The smallest absolute Gasteiger partial charge is 0.138 e. The molecule has 0 amide bonds. The quantitative estimate of drug-likeness (QED) is 0.944. The highest BCUT2D eigenvalue weighted by molar-refractivity contribution is 9.10. The fourth-order valence-electron chi connectivity index (χ4n) is 1.48. The summed E-state index contributed by atoms with van der Waals surface area (Å²) in [7, 11) is 0. The molecule has 1 aromatic carbocycles. The van der Waals surface area contributed by atoms with Crippen molar-refractivity contribution in [3.8, 4) is 5.75 Å². The summed E-state index contributed by atoms with van der Waals surface area (Å²) in [5.74, 6) is 0.340. The van der Waals surface area contributed by atoms with Crippen LogP contribution in [0.1, 0.15) is 11.3 Å². The average molecular weight is 311 g/mol. The van der Waals surface area contributed by atoms with E-state index in [1.54, 1.807) is 18.3 Å². The SMILES string of the molecule is NCc1ccc(OCc2cc(F)cc(Br)c2)cn1. The summed E-state index contributed by atoms with van der Waals surface area (Å²) in [4.78, 5) is 4.11. The van der Waals surface area contributed by atoms with Crippen LogP contribution in [-0.2, 0) is 13.2 Å². The van der Waals surface area contributed by atoms with E-state index in [-0.39, 0.29) is 5.82 Å². The van der Waals surface area contributed by atoms with Gasteiger partial charge in [-0.05, 0) is 35.9 Å². The van der Waals surface area contributed by atoms with Crippen molar-refractivity contribution in [3.05, 3.63) is 58.1 Å². The van der Waals surface area contributed by atoms with Gasteiger partial charge in [-0.1, -0.05) is 15.9 Å². The molecule has 0 fully saturated rings. The molecule has 1 aromatic heterocycles. The van der Waals surface area contributed by atoms with Crippen LogP contribution in [0, 0.1) is 5.82 Å². The van der Waals surface area contributed by atoms with E-state index >= 15 is 0 Å². The van der Waals surface area contributed by atoms with Gasteiger partial charge >= 0.3 is 0 Å². The van der Waals surface area contributed by atoms with Gasteiger partial charge in [0.25, 0.3) is 0 Å². The Labute approximate surface area is 113 Å². The molecule has 0 aliphatic heterocycles. The maximum Gasteiger partial charge on any atom is 0.138 e. The van der Waals surface area contributed by atoms with E-state index in [2.05, 4.69) is 20.9 Å². The lowest BCUT2D eigenvalue weighted by molar-refractivity contribution is 0.304. The number of rotatable bonds is 4. The van der Waals surface area contributed by atoms with E-state index in [0.717, 1.165) is 11.3 Å². The van der Waals surface area contributed by atoms with Crippen LogP contribution in [0.4, 0.5) is 4.39 Å². The van der Waals surface area contributed by atoms with Crippen LogP contribution in [0.15, 0.2) is 41.0 Å². The lowest BCUT2D eigenvalue weighted by Crippen LogP contribution is -2.00. The highest BCUT2D eigenvalue weighted by Crippen LogP contribution is 2.17. The van der Waals surface area contributed by atoms with Gasteiger partial charge in [0.1, 0.15) is 18.2 Å². The Balaban J connectivity index is 2.01. The fraction of sp³-hybridized carbons (Fsp3) is 0.154. The van der Waals surface area contributed by atoms with E-state index in [0.29, 0.717) is 23.4 Å². The molecule has 0 bridgehead atoms. The van der Waals surface area contributed by atoms with Crippen LogP contribution in [0.5, 0.6) is 5.75 Å². The van der Waals surface area contributed by atoms with Crippen LogP contribution in [0.2, 0.25) is 0 Å². The maximum atomic E-state index is 13.1. The number of nitrogens with two attached hydrogens (primary N) is 1. The van der Waals surface area contributed by atoms with E-state index < -0.39 is 0 Å². The third kappa shape index (κ3) is 3.51. The largest absolute Gasteiger partial charge is 0.487 e. The molecular formula is C13H12BrFN2O. The molecule has 0 spiro atoms. The molecule has 94 valence electrons. The van der Waals surface area contributed by atoms with Crippen molar-refractivity contribution >= 4 is 15.9 Å². The zero-order valence-corrected chi connectivity index (χ0v) is 11.2. The second-order valence-corrected chi connectivity index (χ2v) is 4.67. The number of hydrogen-bond donors (Lipinski definition) is 1. The van der Waals surface area contributed by atoms with Crippen molar-refractivity contribution in [2.24, 2.45) is 5.73 Å². The first-order valence-electron chi connectivity index (χ1n) is 5.40. The van der Waals surface area contributed by atoms with E-state index in [1.807, 2.05) is 6.07 Å². The molecule has 5 heteroatoms. The second kappa shape index (κ2) is 5.93. The summed E-state index contributed by atoms with van der Waals surface area (Å²) in [5, 5.41) is 0. The molecule has 2 N–H and O–H groups in total. The normalized spacial score (nSPS) is 10.4. The Morgan fingerprint density at radius 3 is 2.72 bits per heavy atom. The van der Waals surface area contributed by atoms with E-state index in [1.165, 1.54) is 12.1 Å². The van der Waals surface area contributed by atoms with Crippen LogP contribution in [-0.4, -0.2) is 4.98 Å². The molecule has 0 radical (unpaired) electrons. The number of aromatic nitrogens is 1. The summed E-state index contributed by atoms with van der Waals surface area (Å²) < 4.78 is 19.3. The second-order valence-electron chi connectivity index (χ2n) is 3.76. The molecule has 0 aliphatic rings. The number of hydrogen-bond acceptors (Lipinski definition) is 3. The monoisotopic (exact) mass is 310 g/mol. The number of halogens is 2. The molecule has 2 rings (SSSR count). The zero-order valence-electron chi connectivity index (χ0n) is 9.57. The number of ether oxygens (including phenoxy) is 1. The van der Waals surface area contributed by atoms with Crippen molar-refractivity contribution in [2.75, 3.05) is 0 Å². The van der Waals surface area contributed by atoms with Crippen LogP contribution in [0.3, 0.4) is 0 Å². The van der Waals surface area contributed by atoms with Crippen molar-refractivity contribution in [3.63, 3.8) is 0 Å². The molecule has 0 atom stereocenters. The van der Waals surface area contributed by atoms with Crippen LogP contribution >= 0.6 is 15.9 Å². The fourth-order valence-corrected chi connectivity index (χ4v) is 1.99. The highest BCUT2D eigenvalue weighted by Gasteiger charge is 2.01. The molecule has 0 saturated heterocycles. The molecular weight excluding hydrogens is 299 g/mol. The Kier molecular flexibility index (Phi) is 4.28. The summed E-state index contributed by atoms with van der Waals surface area (Å²) >= 11 is 3.24. The molecule has 0 saturated carbocycles. The van der Waals surface area contributed by atoms with Crippen molar-refractivity contribution in [1.82, 2.24) is 4.98 Å². The lowest BCUT2D eigenvalue weighted by atomic mass is 10.2. The number of pyridine rings is 1. The lowest BCUT2D eigenvalue weighted by Gasteiger charge is -2.07. The maximum absolute atomic E-state index is 13.1. The van der Waals surface area contributed by atoms with Crippen molar-refractivity contribution in [2.45, 2.75) is 13.2 Å². The van der Waals surface area contributed by atoms with Crippen LogP contribution in [0.25, 0.3) is 0 Å². The first-order chi connectivity index (χ1) is 8.67. The standard InChI is InChI=1S/C13H12BrFN2O/c14-10-3-9(4-11(15)5-10)8-18-13-2-1-12(6-16)17-7-13/h1-5,7H,6,8,16H2. The number of nitrogens with zero attached hydrogens (tertiary/aromatic N) is 1. The molecule has 0 unspecified atom stereocenters. The Morgan fingerprint density at radius 1 is 1.28 bits per heavy atom. The summed E-state index contributed by atoms with van der Waals surface area (Å²) in [6.07, 6.45) is 1.61. The Hall–Kier alpha value is -1.46. The average Bonchev–Trinajstić information content (AvgIpc) is 2.36. The topological polar surface area (TPSA) is 48.1 Å². The van der Waals surface area contributed by atoms with Crippen molar-refractivity contribution < 1.29 is 9.13 Å². The third-order valence-electron chi connectivity index (χ3n) is 2.33. The minimum atomic E-state index is -0.292. The van der Waals surface area contributed by atoms with Gasteiger partial charge in [-0.2, -0.15) is 0 Å². The Morgan fingerprint density at radius 2 is 2.11 bits per heavy atom. The van der Waals surface area contributed by atoms with Crippen molar-refractivity contribution in [1.29, 1.82) is 0 Å². The predicted molar refractivity (Wildman–Crippen MR) is 70.6 cm³/mol. The van der Waals surface area contributed by atoms with Gasteiger partial charge in [-0.25, -0.2) is 4.39 Å². The molecule has 2 aromatic rings. The van der Waals surface area contributed by atoms with Gasteiger partial charge in [-0.3, -0.25) is 4.98 Å². The van der Waals surface area contributed by atoms with Gasteiger partial charge < -0.3 is 10.5 Å². The summed E-state index contributed by atoms with van der Waals surface area (Å²) in [6.45, 7) is 0.692. The molecule has 1 heterocycles. The predicted octanol–water partition coefficient (Wildman–Crippen LogP) is 3.02. The van der Waals surface area contributed by atoms with E-state index in [4.69, 9.17) is 10.5 Å². The summed E-state index contributed by atoms with van der Waals surface area (Å²) in [5.41, 5.74) is 7.00. The molecule has 3 nitrogen and oxygen atoms in total. The van der Waals surface area contributed by atoms with Gasteiger partial charge in [0.05, 0.1) is 11.9 Å². The van der Waals surface area contributed by atoms with Crippen LogP contribution < -0.4 is 10.5 Å². The summed E-state index contributed by atoms with van der Waals surface area (Å²) in [6, 6.07) is 8.25. The van der Waals surface area contributed by atoms with Gasteiger partial charge in [0.2, 0.25) is 0 Å². The molecule has 0 aliphatic carbocycles. The highest BCUT2D eigenvalue weighted by atomic mass is 79.9. The Bertz CT molecular complexity index is 511. The van der Waals surface area contributed by atoms with E-state index in [9.17, 15) is 4.39 Å². The number of benzene rings is 1. The van der Waals surface area contributed by atoms with Gasteiger partial charge in [-0.15, -0.1) is 0 Å². The zero-order chi connectivity index (χ0) is 13.0. The third-order valence-corrected chi connectivity index (χ3v) is 2.79. The minimum Gasteiger partial charge on any atom is -0.487 e. The first kappa shape index (κ1) is 13.0. The minimum absolute atomic E-state index is 0.292. The van der Waals surface area contributed by atoms with Gasteiger partial charge in [0, 0.05) is 11.0 Å². The molecule has 18 heavy (non-hydrogen) atoms. The van der Waals surface area contributed by atoms with Gasteiger partial charge in [0.15, 0.2) is 0 Å².